The van der Waals surface area contributed by atoms with E-state index in [1.165, 1.54) is 13.2 Å². The lowest BCUT2D eigenvalue weighted by molar-refractivity contribution is 0.0601. The molecule has 3 rings (SSSR count). The minimum absolute atomic E-state index is 0.00323. The Balaban J connectivity index is 1.92. The Hall–Kier alpha value is -3.42. The number of methoxy groups -OCH3 is 1. The van der Waals surface area contributed by atoms with Crippen molar-refractivity contribution in [2.24, 2.45) is 0 Å². The van der Waals surface area contributed by atoms with E-state index in [0.29, 0.717) is 12.2 Å². The third kappa shape index (κ3) is 3.53. The zero-order valence-corrected chi connectivity index (χ0v) is 15.6. The quantitative estimate of drug-likeness (QED) is 0.474. The number of hydrogen-bond donors (Lipinski definition) is 2. The maximum absolute atomic E-state index is 13.5. The van der Waals surface area contributed by atoms with Crippen molar-refractivity contribution in [3.05, 3.63) is 73.7 Å². The lowest BCUT2D eigenvalue weighted by atomic mass is 10.1. The first kappa shape index (κ1) is 19.3. The summed E-state index contributed by atoms with van der Waals surface area (Å²) in [7, 11) is 1.17. The summed E-state index contributed by atoms with van der Waals surface area (Å²) in [5.74, 6) is -0.0371. The molecular weight excluding hydrogens is 367 g/mol. The topological polar surface area (TPSA) is 97.6 Å². The first-order valence-corrected chi connectivity index (χ1v) is 8.66. The van der Waals surface area contributed by atoms with Crippen LogP contribution in [0.5, 0.6) is 0 Å². The zero-order chi connectivity index (χ0) is 20.4. The van der Waals surface area contributed by atoms with Gasteiger partial charge in [-0.3, -0.25) is 9.59 Å². The molecule has 0 aliphatic rings. The Morgan fingerprint density at radius 3 is 2.50 bits per heavy atom. The summed E-state index contributed by atoms with van der Waals surface area (Å²) in [5, 5.41) is 5.77. The van der Waals surface area contributed by atoms with E-state index < -0.39 is 22.6 Å². The lowest BCUT2D eigenvalue weighted by Crippen LogP contribution is -2.37. The second kappa shape index (κ2) is 7.67. The van der Waals surface area contributed by atoms with Crippen molar-refractivity contribution >= 4 is 23.0 Å². The highest BCUT2D eigenvalue weighted by molar-refractivity contribution is 5.97. The van der Waals surface area contributed by atoms with Crippen molar-refractivity contribution in [3.63, 3.8) is 0 Å². The standard InChI is InChI=1S/C20H19FN2O5/c1-4-13(15-8-5-10(2)28-15)22-16-17(19(25)18(16)24)23-14-7-6-11(21)9-12(14)20(26)27-3/h5-9,13,22-23H,4H2,1-3H3/t13-/m1/s1. The lowest BCUT2D eigenvalue weighted by Gasteiger charge is -2.21. The maximum atomic E-state index is 13.5. The van der Waals surface area contributed by atoms with Crippen LogP contribution in [0.1, 0.15) is 41.3 Å². The largest absolute Gasteiger partial charge is 0.465 e. The number of ether oxygens (including phenoxy) is 1. The van der Waals surface area contributed by atoms with Crippen LogP contribution in [0.25, 0.3) is 0 Å². The first-order chi connectivity index (χ1) is 13.3. The summed E-state index contributed by atoms with van der Waals surface area (Å²) in [5.41, 5.74) is -1.24. The maximum Gasteiger partial charge on any atom is 0.340 e. The highest BCUT2D eigenvalue weighted by atomic mass is 19.1. The fourth-order valence-electron chi connectivity index (χ4n) is 2.88. The van der Waals surface area contributed by atoms with E-state index >= 15 is 0 Å². The van der Waals surface area contributed by atoms with Crippen LogP contribution in [0.2, 0.25) is 0 Å². The highest BCUT2D eigenvalue weighted by Crippen LogP contribution is 2.29. The van der Waals surface area contributed by atoms with Crippen molar-refractivity contribution in [3.8, 4) is 0 Å². The third-order valence-corrected chi connectivity index (χ3v) is 4.39. The first-order valence-electron chi connectivity index (χ1n) is 8.66. The number of halogens is 1. The van der Waals surface area contributed by atoms with Gasteiger partial charge in [-0.25, -0.2) is 9.18 Å². The monoisotopic (exact) mass is 386 g/mol. The Morgan fingerprint density at radius 1 is 1.18 bits per heavy atom. The molecule has 1 atom stereocenters. The summed E-state index contributed by atoms with van der Waals surface area (Å²) >= 11 is 0. The number of hydrogen-bond acceptors (Lipinski definition) is 7. The molecule has 0 radical (unpaired) electrons. The summed E-state index contributed by atoms with van der Waals surface area (Å²) in [6, 6.07) is 6.72. The average molecular weight is 386 g/mol. The second-order valence-corrected chi connectivity index (χ2v) is 6.27. The molecule has 1 aromatic heterocycles. The van der Waals surface area contributed by atoms with E-state index in [2.05, 4.69) is 15.4 Å². The molecule has 7 nitrogen and oxygen atoms in total. The number of nitrogens with one attached hydrogen (secondary N) is 2. The molecule has 0 saturated carbocycles. The predicted molar refractivity (Wildman–Crippen MR) is 102 cm³/mol. The molecule has 0 saturated heterocycles. The number of aryl methyl sites for hydroxylation is 1. The molecule has 0 aliphatic carbocycles. The molecule has 28 heavy (non-hydrogen) atoms. The van der Waals surface area contributed by atoms with E-state index in [0.717, 1.165) is 17.9 Å². The molecule has 146 valence electrons. The Kier molecular flexibility index (Phi) is 5.30. The SMILES string of the molecule is CC[C@@H](Nc1c(Nc2ccc(F)cc2C(=O)OC)c(=O)c1=O)c1ccc(C)o1. The van der Waals surface area contributed by atoms with Gasteiger partial charge in [-0.2, -0.15) is 0 Å². The van der Waals surface area contributed by atoms with Gasteiger partial charge in [0.2, 0.25) is 0 Å². The van der Waals surface area contributed by atoms with Gasteiger partial charge in [0.25, 0.3) is 10.9 Å². The fraction of sp³-hybridized carbons (Fsp3) is 0.250. The fourth-order valence-corrected chi connectivity index (χ4v) is 2.88. The van der Waals surface area contributed by atoms with Gasteiger partial charge in [0.05, 0.1) is 24.4 Å². The van der Waals surface area contributed by atoms with Gasteiger partial charge in [-0.15, -0.1) is 0 Å². The summed E-state index contributed by atoms with van der Waals surface area (Å²) < 4.78 is 23.7. The van der Waals surface area contributed by atoms with Crippen molar-refractivity contribution in [2.75, 3.05) is 17.7 Å². The Labute approximate surface area is 159 Å². The second-order valence-electron chi connectivity index (χ2n) is 6.27. The minimum Gasteiger partial charge on any atom is -0.465 e. The minimum atomic E-state index is -0.771. The van der Waals surface area contributed by atoms with E-state index in [1.807, 2.05) is 19.9 Å². The van der Waals surface area contributed by atoms with Crippen LogP contribution in [0.15, 0.2) is 44.3 Å². The van der Waals surface area contributed by atoms with Gasteiger partial charge >= 0.3 is 5.97 Å². The van der Waals surface area contributed by atoms with Crippen LogP contribution in [0.3, 0.4) is 0 Å². The van der Waals surface area contributed by atoms with E-state index in [4.69, 9.17) is 4.42 Å². The summed E-state index contributed by atoms with van der Waals surface area (Å²) in [4.78, 5) is 36.1. The van der Waals surface area contributed by atoms with Crippen molar-refractivity contribution < 1.29 is 18.3 Å². The van der Waals surface area contributed by atoms with Crippen LogP contribution in [-0.4, -0.2) is 13.1 Å². The number of carbonyl (C=O) groups excluding carboxylic acids is 1. The molecule has 0 unspecified atom stereocenters. The van der Waals surface area contributed by atoms with Gasteiger partial charge in [0.15, 0.2) is 0 Å². The Morgan fingerprint density at radius 2 is 1.89 bits per heavy atom. The van der Waals surface area contributed by atoms with Crippen LogP contribution in [0, 0.1) is 12.7 Å². The molecule has 1 heterocycles. The van der Waals surface area contributed by atoms with Gasteiger partial charge in [-0.1, -0.05) is 6.92 Å². The van der Waals surface area contributed by atoms with Crippen LogP contribution >= 0.6 is 0 Å². The molecule has 2 N–H and O–H groups in total. The van der Waals surface area contributed by atoms with Gasteiger partial charge < -0.3 is 19.8 Å². The molecule has 0 amide bonds. The molecule has 3 aromatic rings. The number of anilines is 3. The molecule has 0 aliphatic heterocycles. The summed E-state index contributed by atoms with van der Waals surface area (Å²) in [6.45, 7) is 3.72. The van der Waals surface area contributed by atoms with E-state index in [-0.39, 0.29) is 28.7 Å². The Bertz CT molecular complexity index is 1090. The number of esters is 1. The van der Waals surface area contributed by atoms with E-state index in [1.54, 1.807) is 6.07 Å². The van der Waals surface area contributed by atoms with Crippen LogP contribution < -0.4 is 21.5 Å². The molecule has 0 spiro atoms. The van der Waals surface area contributed by atoms with Crippen molar-refractivity contribution in [2.45, 2.75) is 26.3 Å². The number of rotatable bonds is 7. The zero-order valence-electron chi connectivity index (χ0n) is 15.6. The van der Waals surface area contributed by atoms with E-state index in [9.17, 15) is 18.8 Å². The van der Waals surface area contributed by atoms with Gasteiger partial charge in [0, 0.05) is 0 Å². The van der Waals surface area contributed by atoms with Crippen LogP contribution in [0.4, 0.5) is 21.5 Å². The van der Waals surface area contributed by atoms with Crippen molar-refractivity contribution in [1.82, 2.24) is 0 Å². The molecule has 8 heteroatoms. The third-order valence-electron chi connectivity index (χ3n) is 4.39. The summed E-state index contributed by atoms with van der Waals surface area (Å²) in [6.07, 6.45) is 0.606. The average Bonchev–Trinajstić information content (AvgIpc) is 3.13. The number of carbonyl (C=O) groups is 1. The predicted octanol–water partition coefficient (Wildman–Crippen LogP) is 3.42. The number of furan rings is 1. The molecule has 0 fully saturated rings. The highest BCUT2D eigenvalue weighted by Gasteiger charge is 2.26. The molecule has 0 bridgehead atoms. The number of benzene rings is 1. The van der Waals surface area contributed by atoms with Gasteiger partial charge in [-0.05, 0) is 43.7 Å². The molecule has 2 aromatic carbocycles. The van der Waals surface area contributed by atoms with Crippen molar-refractivity contribution in [1.29, 1.82) is 0 Å². The molecular formula is C20H19FN2O5. The van der Waals surface area contributed by atoms with Gasteiger partial charge in [0.1, 0.15) is 28.7 Å². The normalized spacial score (nSPS) is 12.0. The smallest absolute Gasteiger partial charge is 0.340 e. The van der Waals surface area contributed by atoms with Crippen LogP contribution in [-0.2, 0) is 4.74 Å².